The van der Waals surface area contributed by atoms with Gasteiger partial charge in [0, 0.05) is 31.6 Å². The third kappa shape index (κ3) is 3.91. The van der Waals surface area contributed by atoms with Crippen molar-refractivity contribution in [3.63, 3.8) is 0 Å². The van der Waals surface area contributed by atoms with E-state index in [1.165, 1.54) is 5.56 Å². The average Bonchev–Trinajstić information content (AvgIpc) is 2.56. The molecule has 1 rings (SSSR count). The minimum atomic E-state index is -0.903. The Balaban J connectivity index is 2.29. The number of aromatic nitrogens is 1. The largest absolute Gasteiger partial charge is 0.478 e. The van der Waals surface area contributed by atoms with Crippen molar-refractivity contribution >= 4 is 5.97 Å². The van der Waals surface area contributed by atoms with Gasteiger partial charge in [0.25, 0.3) is 0 Å². The summed E-state index contributed by atoms with van der Waals surface area (Å²) >= 11 is 0. The molecule has 0 amide bonds. The van der Waals surface area contributed by atoms with Crippen LogP contribution in [0.3, 0.4) is 0 Å². The Bertz CT molecular complexity index is 304. The van der Waals surface area contributed by atoms with E-state index in [-0.39, 0.29) is 0 Å². The lowest BCUT2D eigenvalue weighted by Crippen LogP contribution is -2.17. The quantitative estimate of drug-likeness (QED) is 0.690. The van der Waals surface area contributed by atoms with E-state index < -0.39 is 5.97 Å². The van der Waals surface area contributed by atoms with Crippen molar-refractivity contribution in [2.75, 3.05) is 13.6 Å². The number of nitrogens with zero attached hydrogens (tertiary/aromatic N) is 1. The molecule has 0 bridgehead atoms. The Kier molecular flexibility index (Phi) is 3.94. The predicted octanol–water partition coefficient (Wildman–Crippen LogP) is 1.09. The summed E-state index contributed by atoms with van der Waals surface area (Å²) in [7, 11) is 1.94. The van der Waals surface area contributed by atoms with Crippen LogP contribution in [0.5, 0.6) is 0 Å². The predicted molar refractivity (Wildman–Crippen MR) is 53.9 cm³/mol. The van der Waals surface area contributed by atoms with E-state index in [1.54, 1.807) is 6.08 Å². The van der Waals surface area contributed by atoms with Crippen LogP contribution in [0.4, 0.5) is 0 Å². The smallest absolute Gasteiger partial charge is 0.328 e. The topological polar surface area (TPSA) is 56.3 Å². The molecule has 4 nitrogen and oxygen atoms in total. The molecule has 14 heavy (non-hydrogen) atoms. The zero-order valence-electron chi connectivity index (χ0n) is 8.10. The van der Waals surface area contributed by atoms with Gasteiger partial charge in [-0.2, -0.15) is 0 Å². The molecule has 0 aliphatic carbocycles. The molecule has 0 aromatic carbocycles. The van der Waals surface area contributed by atoms with Gasteiger partial charge in [0.15, 0.2) is 0 Å². The van der Waals surface area contributed by atoms with Crippen molar-refractivity contribution in [3.8, 4) is 0 Å². The number of likely N-dealkylation sites (N-methyl/N-ethyl adjacent to an activating group) is 1. The molecular formula is C10H14N2O2. The van der Waals surface area contributed by atoms with E-state index in [9.17, 15) is 4.79 Å². The number of rotatable bonds is 5. The molecule has 0 aliphatic heterocycles. The van der Waals surface area contributed by atoms with Gasteiger partial charge in [-0.3, -0.25) is 4.90 Å². The normalized spacial score (nSPS) is 11.3. The SMILES string of the molecule is CN(C/C=C/C(=O)O)Cc1cc[nH]c1. The van der Waals surface area contributed by atoms with E-state index >= 15 is 0 Å². The number of aromatic amines is 1. The first-order chi connectivity index (χ1) is 6.68. The third-order valence-electron chi connectivity index (χ3n) is 1.79. The van der Waals surface area contributed by atoms with Crippen LogP contribution in [0.2, 0.25) is 0 Å². The van der Waals surface area contributed by atoms with E-state index in [2.05, 4.69) is 4.98 Å². The molecule has 0 aliphatic rings. The molecule has 0 saturated heterocycles. The van der Waals surface area contributed by atoms with E-state index in [1.807, 2.05) is 30.4 Å². The lowest BCUT2D eigenvalue weighted by molar-refractivity contribution is -0.131. The summed E-state index contributed by atoms with van der Waals surface area (Å²) in [6.45, 7) is 1.45. The van der Waals surface area contributed by atoms with Crippen molar-refractivity contribution in [1.82, 2.24) is 9.88 Å². The molecule has 2 N–H and O–H groups in total. The molecule has 1 heterocycles. The van der Waals surface area contributed by atoms with Gasteiger partial charge in [-0.25, -0.2) is 4.79 Å². The van der Waals surface area contributed by atoms with Gasteiger partial charge in [-0.15, -0.1) is 0 Å². The number of nitrogens with one attached hydrogen (secondary N) is 1. The molecule has 0 radical (unpaired) electrons. The maximum absolute atomic E-state index is 10.2. The van der Waals surface area contributed by atoms with Crippen LogP contribution >= 0.6 is 0 Å². The van der Waals surface area contributed by atoms with Crippen LogP contribution in [0, 0.1) is 0 Å². The Labute approximate surface area is 82.9 Å². The van der Waals surface area contributed by atoms with Crippen LogP contribution in [0.15, 0.2) is 30.6 Å². The van der Waals surface area contributed by atoms with Gasteiger partial charge >= 0.3 is 5.97 Å². The molecule has 0 atom stereocenters. The molecule has 4 heteroatoms. The van der Waals surface area contributed by atoms with Gasteiger partial charge in [0.1, 0.15) is 0 Å². The number of hydrogen-bond acceptors (Lipinski definition) is 2. The first-order valence-electron chi connectivity index (χ1n) is 4.38. The molecule has 0 spiro atoms. The minimum Gasteiger partial charge on any atom is -0.478 e. The van der Waals surface area contributed by atoms with E-state index in [4.69, 9.17) is 5.11 Å². The summed E-state index contributed by atoms with van der Waals surface area (Å²) in [5.74, 6) is -0.903. The molecule has 0 saturated carbocycles. The fourth-order valence-electron chi connectivity index (χ4n) is 1.17. The molecular weight excluding hydrogens is 180 g/mol. The highest BCUT2D eigenvalue weighted by atomic mass is 16.4. The van der Waals surface area contributed by atoms with E-state index in [0.29, 0.717) is 6.54 Å². The summed E-state index contributed by atoms with van der Waals surface area (Å²) in [5.41, 5.74) is 1.19. The van der Waals surface area contributed by atoms with Gasteiger partial charge < -0.3 is 10.1 Å². The highest BCUT2D eigenvalue weighted by molar-refractivity contribution is 5.79. The zero-order chi connectivity index (χ0) is 10.4. The molecule has 1 aromatic rings. The molecule has 0 fully saturated rings. The molecule has 1 aromatic heterocycles. The fraction of sp³-hybridized carbons (Fsp3) is 0.300. The first kappa shape index (κ1) is 10.5. The Morgan fingerprint density at radius 2 is 2.50 bits per heavy atom. The first-order valence-corrected chi connectivity index (χ1v) is 4.38. The van der Waals surface area contributed by atoms with Gasteiger partial charge in [-0.1, -0.05) is 6.08 Å². The number of carboxylic acid groups (broad SMARTS) is 1. The summed E-state index contributed by atoms with van der Waals surface area (Å²) in [6, 6.07) is 2.00. The summed E-state index contributed by atoms with van der Waals surface area (Å²) in [5, 5.41) is 8.37. The second-order valence-corrected chi connectivity index (χ2v) is 3.16. The number of carboxylic acids is 1. The summed E-state index contributed by atoms with van der Waals surface area (Å²) < 4.78 is 0. The standard InChI is InChI=1S/C10H14N2O2/c1-12(6-2-3-10(13)14)8-9-4-5-11-7-9/h2-5,7,11H,6,8H2,1H3,(H,13,14)/b3-2+. The monoisotopic (exact) mass is 194 g/mol. The summed E-state index contributed by atoms with van der Waals surface area (Å²) in [4.78, 5) is 15.2. The lowest BCUT2D eigenvalue weighted by atomic mass is 10.3. The second-order valence-electron chi connectivity index (χ2n) is 3.16. The Hall–Kier alpha value is -1.55. The van der Waals surface area contributed by atoms with Crippen LogP contribution in [0.25, 0.3) is 0 Å². The highest BCUT2D eigenvalue weighted by Gasteiger charge is 1.97. The van der Waals surface area contributed by atoms with Crippen LogP contribution in [0.1, 0.15) is 5.56 Å². The lowest BCUT2D eigenvalue weighted by Gasteiger charge is -2.12. The van der Waals surface area contributed by atoms with Crippen molar-refractivity contribution in [1.29, 1.82) is 0 Å². The summed E-state index contributed by atoms with van der Waals surface area (Å²) in [6.07, 6.45) is 6.59. The van der Waals surface area contributed by atoms with Crippen molar-refractivity contribution in [3.05, 3.63) is 36.2 Å². The van der Waals surface area contributed by atoms with Crippen molar-refractivity contribution in [2.45, 2.75) is 6.54 Å². The van der Waals surface area contributed by atoms with Crippen molar-refractivity contribution in [2.24, 2.45) is 0 Å². The maximum Gasteiger partial charge on any atom is 0.328 e. The minimum absolute atomic E-state index is 0.636. The zero-order valence-corrected chi connectivity index (χ0v) is 8.10. The highest BCUT2D eigenvalue weighted by Crippen LogP contribution is 2.00. The van der Waals surface area contributed by atoms with Crippen LogP contribution in [-0.4, -0.2) is 34.6 Å². The van der Waals surface area contributed by atoms with Gasteiger partial charge in [-0.05, 0) is 18.7 Å². The third-order valence-corrected chi connectivity index (χ3v) is 1.79. The Morgan fingerprint density at radius 1 is 1.71 bits per heavy atom. The van der Waals surface area contributed by atoms with E-state index in [0.717, 1.165) is 12.6 Å². The molecule has 0 unspecified atom stereocenters. The van der Waals surface area contributed by atoms with Gasteiger partial charge in [0.2, 0.25) is 0 Å². The fourth-order valence-corrected chi connectivity index (χ4v) is 1.17. The second kappa shape index (κ2) is 5.24. The number of H-pyrrole nitrogens is 1. The average molecular weight is 194 g/mol. The number of carbonyl (C=O) groups is 1. The number of hydrogen-bond donors (Lipinski definition) is 2. The Morgan fingerprint density at radius 3 is 3.07 bits per heavy atom. The maximum atomic E-state index is 10.2. The van der Waals surface area contributed by atoms with Crippen LogP contribution < -0.4 is 0 Å². The van der Waals surface area contributed by atoms with Gasteiger partial charge in [0.05, 0.1) is 0 Å². The molecule has 76 valence electrons. The number of aliphatic carboxylic acids is 1. The van der Waals surface area contributed by atoms with Crippen molar-refractivity contribution < 1.29 is 9.90 Å². The van der Waals surface area contributed by atoms with Crippen LogP contribution in [-0.2, 0) is 11.3 Å².